The summed E-state index contributed by atoms with van der Waals surface area (Å²) in [5, 5.41) is 2.44. The maximum absolute atomic E-state index is 13.6. The first-order valence-corrected chi connectivity index (χ1v) is 11.8. The van der Waals surface area contributed by atoms with E-state index >= 15 is 0 Å². The molecule has 2 aromatic rings. The van der Waals surface area contributed by atoms with E-state index < -0.39 is 34.3 Å². The van der Waals surface area contributed by atoms with Crippen LogP contribution in [0.1, 0.15) is 36.2 Å². The summed E-state index contributed by atoms with van der Waals surface area (Å²) in [7, 11) is -3.75. The van der Waals surface area contributed by atoms with Crippen LogP contribution in [0.25, 0.3) is 0 Å². The van der Waals surface area contributed by atoms with E-state index in [1.165, 1.54) is 46.8 Å². The Kier molecular flexibility index (Phi) is 7.30. The maximum atomic E-state index is 13.6. The van der Waals surface area contributed by atoms with Gasteiger partial charge in [-0.05, 0) is 61.1 Å². The zero-order valence-corrected chi connectivity index (χ0v) is 19.1. The summed E-state index contributed by atoms with van der Waals surface area (Å²) in [4.78, 5) is 24.4. The van der Waals surface area contributed by atoms with E-state index in [0.29, 0.717) is 18.7 Å². The number of carbonyl (C=O) groups excluding carboxylic acids is 2. The molecule has 1 saturated heterocycles. The van der Waals surface area contributed by atoms with E-state index in [1.807, 2.05) is 13.8 Å². The molecule has 1 fully saturated rings. The molecule has 1 amide bonds. The van der Waals surface area contributed by atoms with Crippen LogP contribution in [-0.2, 0) is 19.6 Å². The molecule has 1 N–H and O–H groups in total. The van der Waals surface area contributed by atoms with Crippen molar-refractivity contribution in [2.24, 2.45) is 11.8 Å². The van der Waals surface area contributed by atoms with Gasteiger partial charge in [0.15, 0.2) is 6.61 Å². The number of esters is 1. The molecule has 1 heterocycles. The van der Waals surface area contributed by atoms with Gasteiger partial charge in [-0.15, -0.1) is 0 Å². The lowest BCUT2D eigenvalue weighted by atomic mass is 9.94. The lowest BCUT2D eigenvalue weighted by Gasteiger charge is -2.34. The summed E-state index contributed by atoms with van der Waals surface area (Å²) in [5.74, 6) is -1.42. The summed E-state index contributed by atoms with van der Waals surface area (Å²) in [5.41, 5.74) is 0.711. The highest BCUT2D eigenvalue weighted by Crippen LogP contribution is 2.27. The van der Waals surface area contributed by atoms with Crippen LogP contribution in [0.5, 0.6) is 0 Å². The largest absolute Gasteiger partial charge is 0.452 e. The van der Waals surface area contributed by atoms with Crippen molar-refractivity contribution in [2.45, 2.75) is 32.1 Å². The molecule has 9 heteroatoms. The first-order valence-electron chi connectivity index (χ1n) is 10.4. The van der Waals surface area contributed by atoms with Crippen molar-refractivity contribution < 1.29 is 27.1 Å². The molecule has 0 spiro atoms. The maximum Gasteiger partial charge on any atom is 0.338 e. The van der Waals surface area contributed by atoms with Gasteiger partial charge in [-0.3, -0.25) is 4.79 Å². The summed E-state index contributed by atoms with van der Waals surface area (Å²) in [6.45, 7) is 5.90. The third-order valence-corrected chi connectivity index (χ3v) is 7.16. The van der Waals surface area contributed by atoms with Crippen LogP contribution in [0, 0.1) is 24.6 Å². The normalized spacial score (nSPS) is 19.4. The Morgan fingerprint density at radius 2 is 1.81 bits per heavy atom. The molecular formula is C23H27FN2O5S. The van der Waals surface area contributed by atoms with Crippen LogP contribution in [0.4, 0.5) is 10.1 Å². The number of anilines is 1. The topological polar surface area (TPSA) is 92.8 Å². The van der Waals surface area contributed by atoms with Gasteiger partial charge in [0.25, 0.3) is 5.91 Å². The zero-order valence-electron chi connectivity index (χ0n) is 18.3. The Morgan fingerprint density at radius 3 is 2.47 bits per heavy atom. The van der Waals surface area contributed by atoms with E-state index in [0.717, 1.165) is 6.42 Å². The third-order valence-electron chi connectivity index (χ3n) is 5.33. The summed E-state index contributed by atoms with van der Waals surface area (Å²) < 4.78 is 46.2. The highest BCUT2D eigenvalue weighted by atomic mass is 32.2. The molecule has 0 radical (unpaired) electrons. The first kappa shape index (κ1) is 23.9. The lowest BCUT2D eigenvalue weighted by Crippen LogP contribution is -2.42. The van der Waals surface area contributed by atoms with Crippen LogP contribution >= 0.6 is 0 Å². The zero-order chi connectivity index (χ0) is 23.5. The van der Waals surface area contributed by atoms with Gasteiger partial charge in [-0.1, -0.05) is 26.0 Å². The molecule has 0 aliphatic carbocycles. The lowest BCUT2D eigenvalue weighted by molar-refractivity contribution is -0.119. The fourth-order valence-corrected chi connectivity index (χ4v) is 5.54. The minimum absolute atomic E-state index is 0.00725. The predicted molar refractivity (Wildman–Crippen MR) is 118 cm³/mol. The fraction of sp³-hybridized carbons (Fsp3) is 0.391. The number of rotatable bonds is 6. The van der Waals surface area contributed by atoms with Crippen LogP contribution in [0.2, 0.25) is 0 Å². The van der Waals surface area contributed by atoms with E-state index in [4.69, 9.17) is 4.74 Å². The second kappa shape index (κ2) is 9.79. The number of benzene rings is 2. The molecule has 32 heavy (non-hydrogen) atoms. The number of sulfonamides is 1. The molecule has 7 nitrogen and oxygen atoms in total. The molecule has 2 aromatic carbocycles. The average Bonchev–Trinajstić information content (AvgIpc) is 2.74. The van der Waals surface area contributed by atoms with Crippen LogP contribution in [0.15, 0.2) is 47.4 Å². The predicted octanol–water partition coefficient (Wildman–Crippen LogP) is 3.60. The van der Waals surface area contributed by atoms with Gasteiger partial charge in [0.2, 0.25) is 10.0 Å². The number of nitrogens with one attached hydrogen (secondary N) is 1. The monoisotopic (exact) mass is 462 g/mol. The SMILES string of the molecule is Cc1ccc(NC(=O)COC(=O)c2cccc(S(=O)(=O)N3CC(C)CC(C)C3)c2)cc1F. The highest BCUT2D eigenvalue weighted by Gasteiger charge is 2.32. The second-order valence-corrected chi connectivity index (χ2v) is 10.3. The van der Waals surface area contributed by atoms with Gasteiger partial charge in [0.1, 0.15) is 5.82 Å². The van der Waals surface area contributed by atoms with Crippen molar-refractivity contribution in [3.05, 3.63) is 59.4 Å². The molecule has 172 valence electrons. The smallest absolute Gasteiger partial charge is 0.338 e. The number of aryl methyl sites for hydroxylation is 1. The van der Waals surface area contributed by atoms with Gasteiger partial charge < -0.3 is 10.1 Å². The molecule has 0 saturated carbocycles. The van der Waals surface area contributed by atoms with Gasteiger partial charge in [-0.25, -0.2) is 17.6 Å². The molecule has 1 aliphatic heterocycles. The molecule has 0 aromatic heterocycles. The van der Waals surface area contributed by atoms with E-state index in [1.54, 1.807) is 6.92 Å². The van der Waals surface area contributed by atoms with Gasteiger partial charge in [0, 0.05) is 18.8 Å². The van der Waals surface area contributed by atoms with E-state index in [-0.39, 0.29) is 28.0 Å². The van der Waals surface area contributed by atoms with Gasteiger partial charge >= 0.3 is 5.97 Å². The third kappa shape index (κ3) is 5.72. The first-order chi connectivity index (χ1) is 15.1. The quantitative estimate of drug-likeness (QED) is 0.663. The standard InChI is InChI=1S/C23H27FN2O5S/c1-15-9-16(2)13-26(12-15)32(29,30)20-6-4-5-18(10-20)23(28)31-14-22(27)25-19-8-7-17(3)21(24)11-19/h4-8,10-11,15-16H,9,12-14H2,1-3H3,(H,25,27). The fourth-order valence-electron chi connectivity index (χ4n) is 3.82. The molecule has 0 bridgehead atoms. The summed E-state index contributed by atoms with van der Waals surface area (Å²) in [6, 6.07) is 9.82. The number of hydrogen-bond acceptors (Lipinski definition) is 5. The highest BCUT2D eigenvalue weighted by molar-refractivity contribution is 7.89. The second-order valence-electron chi connectivity index (χ2n) is 8.38. The Bertz CT molecular complexity index is 1110. The number of carbonyl (C=O) groups is 2. The number of amides is 1. The van der Waals surface area contributed by atoms with Gasteiger partial charge in [0.05, 0.1) is 10.5 Å². The molecule has 1 aliphatic rings. The van der Waals surface area contributed by atoms with Gasteiger partial charge in [-0.2, -0.15) is 4.31 Å². The summed E-state index contributed by atoms with van der Waals surface area (Å²) in [6.07, 6.45) is 0.968. The molecule has 2 unspecified atom stereocenters. The Hall–Kier alpha value is -2.78. The van der Waals surface area contributed by atoms with Crippen molar-refractivity contribution >= 4 is 27.6 Å². The Balaban J connectivity index is 1.64. The molecular weight excluding hydrogens is 435 g/mol. The minimum atomic E-state index is -3.75. The van der Waals surface area contributed by atoms with Crippen molar-refractivity contribution in [2.75, 3.05) is 25.0 Å². The van der Waals surface area contributed by atoms with Crippen molar-refractivity contribution in [3.63, 3.8) is 0 Å². The van der Waals surface area contributed by atoms with Crippen LogP contribution in [0.3, 0.4) is 0 Å². The van der Waals surface area contributed by atoms with Crippen LogP contribution < -0.4 is 5.32 Å². The number of nitrogens with zero attached hydrogens (tertiary/aromatic N) is 1. The number of ether oxygens (including phenoxy) is 1. The number of hydrogen-bond donors (Lipinski definition) is 1. The van der Waals surface area contributed by atoms with Crippen molar-refractivity contribution in [1.82, 2.24) is 4.31 Å². The van der Waals surface area contributed by atoms with Crippen LogP contribution in [-0.4, -0.2) is 44.3 Å². The van der Waals surface area contributed by atoms with E-state index in [2.05, 4.69) is 5.32 Å². The summed E-state index contributed by atoms with van der Waals surface area (Å²) >= 11 is 0. The number of piperidine rings is 1. The van der Waals surface area contributed by atoms with Crippen molar-refractivity contribution in [1.29, 1.82) is 0 Å². The average molecular weight is 463 g/mol. The van der Waals surface area contributed by atoms with Crippen molar-refractivity contribution in [3.8, 4) is 0 Å². The molecule has 3 rings (SSSR count). The Morgan fingerprint density at radius 1 is 1.12 bits per heavy atom. The molecule has 2 atom stereocenters. The Labute approximate surface area is 187 Å². The number of halogens is 1. The minimum Gasteiger partial charge on any atom is -0.452 e. The van der Waals surface area contributed by atoms with E-state index in [9.17, 15) is 22.4 Å².